The van der Waals surface area contributed by atoms with Crippen molar-refractivity contribution < 1.29 is 4.74 Å². The molecule has 0 radical (unpaired) electrons. The average Bonchev–Trinajstić information content (AvgIpc) is 1.61. The van der Waals surface area contributed by atoms with Crippen LogP contribution >= 0.6 is 0 Å². The normalized spacial score (nSPS) is 18.0. The van der Waals surface area contributed by atoms with Gasteiger partial charge in [-0.2, -0.15) is 0 Å². The molecule has 0 aromatic carbocycles. The monoisotopic (exact) mass is 118 g/mol. The number of nitrogens with two attached hydrogens (primary N) is 2. The van der Waals surface area contributed by atoms with E-state index in [1.54, 1.807) is 6.92 Å². The quantitative estimate of drug-likeness (QED) is 0.498. The maximum absolute atomic E-state index is 5.36. The van der Waals surface area contributed by atoms with Gasteiger partial charge in [0.15, 0.2) is 0 Å². The number of hydrogen-bond donors (Lipinski definition) is 2. The first-order valence-electron chi connectivity index (χ1n) is 2.75. The van der Waals surface area contributed by atoms with Crippen LogP contribution in [0.25, 0.3) is 0 Å². The number of ether oxygens (including phenoxy) is 1. The Morgan fingerprint density at radius 3 is 2.00 bits per heavy atom. The smallest absolute Gasteiger partial charge is 0.102 e. The molecule has 2 atom stereocenters. The van der Waals surface area contributed by atoms with E-state index in [9.17, 15) is 0 Å². The van der Waals surface area contributed by atoms with E-state index in [1.807, 2.05) is 6.92 Å². The fourth-order valence-corrected chi connectivity index (χ4v) is 0.304. The summed E-state index contributed by atoms with van der Waals surface area (Å²) in [5.41, 5.74) is 10.6. The van der Waals surface area contributed by atoms with Crippen LogP contribution in [0.5, 0.6) is 0 Å². The minimum Gasteiger partial charge on any atom is -0.362 e. The summed E-state index contributed by atoms with van der Waals surface area (Å²) in [5, 5.41) is 0. The molecule has 4 N–H and O–H groups in total. The van der Waals surface area contributed by atoms with Crippen molar-refractivity contribution in [2.45, 2.75) is 26.1 Å². The summed E-state index contributed by atoms with van der Waals surface area (Å²) < 4.78 is 4.96. The molecule has 0 fully saturated rings. The molecule has 0 rings (SSSR count). The first kappa shape index (κ1) is 7.88. The Balaban J connectivity index is 2.93. The van der Waals surface area contributed by atoms with Gasteiger partial charge >= 0.3 is 0 Å². The van der Waals surface area contributed by atoms with Crippen LogP contribution in [0.15, 0.2) is 0 Å². The van der Waals surface area contributed by atoms with Crippen molar-refractivity contribution in [1.82, 2.24) is 0 Å². The van der Waals surface area contributed by atoms with Gasteiger partial charge in [-0.05, 0) is 13.8 Å². The molecule has 0 spiro atoms. The lowest BCUT2D eigenvalue weighted by molar-refractivity contribution is 0.0634. The van der Waals surface area contributed by atoms with Crippen LogP contribution in [-0.2, 0) is 4.74 Å². The van der Waals surface area contributed by atoms with Crippen LogP contribution in [-0.4, -0.2) is 18.9 Å². The molecule has 0 aliphatic carbocycles. The molecule has 0 aromatic heterocycles. The van der Waals surface area contributed by atoms with Crippen LogP contribution in [0.4, 0.5) is 0 Å². The molecule has 0 aliphatic heterocycles. The van der Waals surface area contributed by atoms with Gasteiger partial charge in [-0.3, -0.25) is 0 Å². The maximum atomic E-state index is 5.36. The second-order valence-corrected chi connectivity index (χ2v) is 2.02. The van der Waals surface area contributed by atoms with Crippen molar-refractivity contribution in [2.24, 2.45) is 11.5 Å². The van der Waals surface area contributed by atoms with E-state index in [1.165, 1.54) is 0 Å². The fourth-order valence-electron chi connectivity index (χ4n) is 0.304. The van der Waals surface area contributed by atoms with Crippen LogP contribution in [0.2, 0.25) is 0 Å². The molecule has 0 saturated heterocycles. The first-order valence-corrected chi connectivity index (χ1v) is 2.75. The van der Waals surface area contributed by atoms with Gasteiger partial charge in [0.25, 0.3) is 0 Å². The molecule has 0 amide bonds. The van der Waals surface area contributed by atoms with E-state index in [0.717, 1.165) is 0 Å². The van der Waals surface area contributed by atoms with Gasteiger partial charge in [-0.15, -0.1) is 0 Å². The Morgan fingerprint density at radius 2 is 1.88 bits per heavy atom. The zero-order valence-electron chi connectivity index (χ0n) is 5.42. The van der Waals surface area contributed by atoms with E-state index in [0.29, 0.717) is 6.61 Å². The maximum Gasteiger partial charge on any atom is 0.102 e. The molecule has 0 bridgehead atoms. The minimum atomic E-state index is -0.194. The third-order valence-corrected chi connectivity index (χ3v) is 0.622. The van der Waals surface area contributed by atoms with E-state index in [2.05, 4.69) is 0 Å². The third kappa shape index (κ3) is 5.88. The molecular weight excluding hydrogens is 104 g/mol. The van der Waals surface area contributed by atoms with Gasteiger partial charge < -0.3 is 16.2 Å². The summed E-state index contributed by atoms with van der Waals surface area (Å²) in [7, 11) is 0. The van der Waals surface area contributed by atoms with Crippen LogP contribution in [0.1, 0.15) is 13.8 Å². The highest BCUT2D eigenvalue weighted by molar-refractivity contribution is 4.48. The highest BCUT2D eigenvalue weighted by Crippen LogP contribution is 1.81. The molecule has 0 aromatic rings. The van der Waals surface area contributed by atoms with Crippen molar-refractivity contribution in [3.8, 4) is 0 Å². The SMILES string of the molecule is CC(N)COC(C)N. The van der Waals surface area contributed by atoms with Gasteiger partial charge in [-0.1, -0.05) is 0 Å². The molecule has 0 aliphatic rings. The molecule has 0 saturated carbocycles. The van der Waals surface area contributed by atoms with E-state index in [-0.39, 0.29) is 12.3 Å². The van der Waals surface area contributed by atoms with Gasteiger partial charge in [-0.25, -0.2) is 0 Å². The second-order valence-electron chi connectivity index (χ2n) is 2.02. The second kappa shape index (κ2) is 3.83. The average molecular weight is 118 g/mol. The Labute approximate surface area is 50.0 Å². The molecule has 3 heteroatoms. The minimum absolute atomic E-state index is 0.0843. The van der Waals surface area contributed by atoms with Crippen LogP contribution < -0.4 is 11.5 Å². The number of hydrogen-bond acceptors (Lipinski definition) is 3. The van der Waals surface area contributed by atoms with E-state index in [4.69, 9.17) is 16.2 Å². The fraction of sp³-hybridized carbons (Fsp3) is 1.00. The molecule has 3 nitrogen and oxygen atoms in total. The summed E-state index contributed by atoms with van der Waals surface area (Å²) in [6, 6.07) is 0.0843. The van der Waals surface area contributed by atoms with Gasteiger partial charge in [0.1, 0.15) is 6.23 Å². The van der Waals surface area contributed by atoms with Gasteiger partial charge in [0.05, 0.1) is 6.61 Å². The predicted molar refractivity (Wildman–Crippen MR) is 33.3 cm³/mol. The van der Waals surface area contributed by atoms with Gasteiger partial charge in [0, 0.05) is 6.04 Å². The summed E-state index contributed by atoms with van der Waals surface area (Å²) in [5.74, 6) is 0. The summed E-state index contributed by atoms with van der Waals surface area (Å²) in [6.45, 7) is 4.20. The Hall–Kier alpha value is -0.120. The molecular formula is C5H14N2O. The van der Waals surface area contributed by atoms with Gasteiger partial charge in [0.2, 0.25) is 0 Å². The lowest BCUT2D eigenvalue weighted by atomic mass is 10.4. The van der Waals surface area contributed by atoms with Crippen molar-refractivity contribution in [1.29, 1.82) is 0 Å². The Bertz CT molecular complexity index is 46.4. The van der Waals surface area contributed by atoms with Crippen LogP contribution in [0, 0.1) is 0 Å². The van der Waals surface area contributed by atoms with E-state index < -0.39 is 0 Å². The lowest BCUT2D eigenvalue weighted by Crippen LogP contribution is -2.28. The third-order valence-electron chi connectivity index (χ3n) is 0.622. The largest absolute Gasteiger partial charge is 0.362 e. The van der Waals surface area contributed by atoms with Crippen molar-refractivity contribution in [3.63, 3.8) is 0 Å². The summed E-state index contributed by atoms with van der Waals surface area (Å²) in [6.07, 6.45) is -0.194. The predicted octanol–water partition coefficient (Wildman–Crippen LogP) is -0.345. The van der Waals surface area contributed by atoms with Crippen molar-refractivity contribution in [3.05, 3.63) is 0 Å². The molecule has 8 heavy (non-hydrogen) atoms. The van der Waals surface area contributed by atoms with Crippen LogP contribution in [0.3, 0.4) is 0 Å². The topological polar surface area (TPSA) is 61.3 Å². The molecule has 2 unspecified atom stereocenters. The summed E-state index contributed by atoms with van der Waals surface area (Å²) >= 11 is 0. The zero-order valence-corrected chi connectivity index (χ0v) is 5.42. The summed E-state index contributed by atoms with van der Waals surface area (Å²) in [4.78, 5) is 0. The first-order chi connectivity index (χ1) is 3.63. The number of rotatable bonds is 3. The Kier molecular flexibility index (Phi) is 3.77. The van der Waals surface area contributed by atoms with E-state index >= 15 is 0 Å². The highest BCUT2D eigenvalue weighted by atomic mass is 16.5. The highest BCUT2D eigenvalue weighted by Gasteiger charge is 1.95. The zero-order chi connectivity index (χ0) is 6.57. The van der Waals surface area contributed by atoms with Crippen molar-refractivity contribution >= 4 is 0 Å². The standard InChI is InChI=1S/C5H14N2O/c1-4(6)3-8-5(2)7/h4-5H,3,6-7H2,1-2H3. The molecule has 0 heterocycles. The lowest BCUT2D eigenvalue weighted by Gasteiger charge is -2.08. The molecule has 50 valence electrons. The Morgan fingerprint density at radius 1 is 1.38 bits per heavy atom. The van der Waals surface area contributed by atoms with Crippen molar-refractivity contribution in [2.75, 3.05) is 6.61 Å².